The van der Waals surface area contributed by atoms with Crippen molar-refractivity contribution in [3.63, 3.8) is 0 Å². The third kappa shape index (κ3) is 2.63. The van der Waals surface area contributed by atoms with Crippen LogP contribution >= 0.6 is 0 Å². The van der Waals surface area contributed by atoms with Crippen molar-refractivity contribution in [2.45, 2.75) is 57.3 Å². The number of hydrogen-bond acceptors (Lipinski definition) is 3. The van der Waals surface area contributed by atoms with Gasteiger partial charge in [-0.05, 0) is 39.2 Å². The minimum absolute atomic E-state index is 0.0393. The number of benzene rings is 1. The Morgan fingerprint density at radius 1 is 1.35 bits per heavy atom. The molecule has 1 amide bonds. The molecule has 1 N–H and O–H groups in total. The average Bonchev–Trinajstić information content (AvgIpc) is 2.88. The molecule has 2 heterocycles. The fraction of sp³-hybridized carbons (Fsp3) is 0.500. The summed E-state index contributed by atoms with van der Waals surface area (Å²) in [6.07, 6.45) is 3.05. The molecule has 0 unspecified atom stereocenters. The van der Waals surface area contributed by atoms with Gasteiger partial charge in [0.05, 0.1) is 23.4 Å². The normalized spacial score (nSPS) is 23.8. The van der Waals surface area contributed by atoms with E-state index in [0.717, 1.165) is 30.5 Å². The first-order valence-electron chi connectivity index (χ1n) is 9.20. The Balaban J connectivity index is 1.67. The fourth-order valence-corrected chi connectivity index (χ4v) is 4.34. The van der Waals surface area contributed by atoms with Gasteiger partial charge in [-0.1, -0.05) is 18.2 Å². The van der Waals surface area contributed by atoms with E-state index in [2.05, 4.69) is 10.4 Å². The number of amides is 1. The number of halogens is 1. The van der Waals surface area contributed by atoms with Crippen LogP contribution in [0.15, 0.2) is 24.3 Å². The number of fused-ring (bicyclic) bond motifs is 1. The van der Waals surface area contributed by atoms with E-state index in [4.69, 9.17) is 4.74 Å². The number of aromatic nitrogens is 2. The van der Waals surface area contributed by atoms with Gasteiger partial charge in [-0.15, -0.1) is 0 Å². The predicted molar refractivity (Wildman–Crippen MR) is 95.3 cm³/mol. The van der Waals surface area contributed by atoms with Gasteiger partial charge < -0.3 is 10.1 Å². The summed E-state index contributed by atoms with van der Waals surface area (Å²) in [7, 11) is 1.83. The van der Waals surface area contributed by atoms with E-state index in [0.29, 0.717) is 17.7 Å². The molecule has 2 atom stereocenters. The molecule has 5 nitrogen and oxygen atoms in total. The number of nitrogens with zero attached hydrogens (tertiary/aromatic N) is 2. The Labute approximate surface area is 152 Å². The third-order valence-electron chi connectivity index (χ3n) is 5.67. The molecule has 26 heavy (non-hydrogen) atoms. The number of hydrogen-bond donors (Lipinski definition) is 1. The molecule has 0 bridgehead atoms. The van der Waals surface area contributed by atoms with Crippen LogP contribution in [0.5, 0.6) is 0 Å². The molecule has 1 aromatic carbocycles. The van der Waals surface area contributed by atoms with Gasteiger partial charge in [-0.3, -0.25) is 9.48 Å². The van der Waals surface area contributed by atoms with E-state index in [9.17, 15) is 9.18 Å². The molecule has 1 aromatic heterocycles. The van der Waals surface area contributed by atoms with Crippen LogP contribution in [0.1, 0.15) is 66.5 Å². The molecule has 0 saturated heterocycles. The van der Waals surface area contributed by atoms with Crippen molar-refractivity contribution in [2.75, 3.05) is 0 Å². The van der Waals surface area contributed by atoms with Crippen LogP contribution in [0.3, 0.4) is 0 Å². The summed E-state index contributed by atoms with van der Waals surface area (Å²) < 4.78 is 21.9. The molecule has 1 aliphatic carbocycles. The number of nitrogens with one attached hydrogen (secondary N) is 1. The number of rotatable bonds is 3. The lowest BCUT2D eigenvalue weighted by molar-refractivity contribution is -0.00904. The van der Waals surface area contributed by atoms with Gasteiger partial charge in [0.2, 0.25) is 0 Å². The lowest BCUT2D eigenvalue weighted by Crippen LogP contribution is -2.51. The topological polar surface area (TPSA) is 56.2 Å². The standard InChI is InChI=1S/C20H24FN3O2/c1-12-11-14-17(23-24(3)18(14)13(2)26-12)19(25)22-20(9-6-10-20)15-7-4-5-8-16(15)21/h4-5,7-8,12-13H,6,9-11H2,1-3H3,(H,22,25)/t12-,13+/m1/s1. The summed E-state index contributed by atoms with van der Waals surface area (Å²) >= 11 is 0. The van der Waals surface area contributed by atoms with Crippen molar-refractivity contribution in [3.05, 3.63) is 52.6 Å². The molecule has 1 aliphatic heterocycles. The third-order valence-corrected chi connectivity index (χ3v) is 5.67. The maximum absolute atomic E-state index is 14.4. The van der Waals surface area contributed by atoms with Crippen LogP contribution in [0.4, 0.5) is 4.39 Å². The van der Waals surface area contributed by atoms with E-state index < -0.39 is 5.54 Å². The maximum atomic E-state index is 14.4. The Hall–Kier alpha value is -2.21. The van der Waals surface area contributed by atoms with Crippen molar-refractivity contribution in [3.8, 4) is 0 Å². The van der Waals surface area contributed by atoms with Crippen molar-refractivity contribution in [2.24, 2.45) is 7.05 Å². The highest BCUT2D eigenvalue weighted by molar-refractivity contribution is 5.94. The maximum Gasteiger partial charge on any atom is 0.272 e. The highest BCUT2D eigenvalue weighted by Gasteiger charge is 2.43. The lowest BCUT2D eigenvalue weighted by atomic mass is 9.71. The Morgan fingerprint density at radius 3 is 2.73 bits per heavy atom. The van der Waals surface area contributed by atoms with Gasteiger partial charge >= 0.3 is 0 Å². The molecule has 0 radical (unpaired) electrons. The van der Waals surface area contributed by atoms with E-state index in [1.807, 2.05) is 27.0 Å². The number of carbonyl (C=O) groups excluding carboxylic acids is 1. The van der Waals surface area contributed by atoms with Gasteiger partial charge in [-0.25, -0.2) is 4.39 Å². The molecule has 2 aromatic rings. The monoisotopic (exact) mass is 357 g/mol. The van der Waals surface area contributed by atoms with Crippen LogP contribution in [-0.4, -0.2) is 21.8 Å². The number of ether oxygens (including phenoxy) is 1. The second-order valence-corrected chi connectivity index (χ2v) is 7.50. The van der Waals surface area contributed by atoms with Crippen LogP contribution in [-0.2, 0) is 23.7 Å². The molecule has 2 aliphatic rings. The van der Waals surface area contributed by atoms with Crippen molar-refractivity contribution < 1.29 is 13.9 Å². The minimum Gasteiger partial charge on any atom is -0.369 e. The van der Waals surface area contributed by atoms with E-state index in [1.165, 1.54) is 6.07 Å². The molecule has 1 saturated carbocycles. The fourth-order valence-electron chi connectivity index (χ4n) is 4.34. The molecule has 0 spiro atoms. The van der Waals surface area contributed by atoms with Gasteiger partial charge in [-0.2, -0.15) is 5.10 Å². The van der Waals surface area contributed by atoms with Crippen LogP contribution in [0.2, 0.25) is 0 Å². The highest BCUT2D eigenvalue weighted by atomic mass is 19.1. The SMILES string of the molecule is C[C@@H]1Cc2c(C(=O)NC3(c4ccccc4F)CCC3)nn(C)c2[C@H](C)O1. The van der Waals surface area contributed by atoms with Gasteiger partial charge in [0.15, 0.2) is 5.69 Å². The summed E-state index contributed by atoms with van der Waals surface area (Å²) in [5, 5.41) is 7.57. The van der Waals surface area contributed by atoms with Crippen molar-refractivity contribution in [1.82, 2.24) is 15.1 Å². The molecule has 6 heteroatoms. The molecule has 1 fully saturated rings. The van der Waals surface area contributed by atoms with Gasteiger partial charge in [0.1, 0.15) is 5.82 Å². The zero-order valence-corrected chi connectivity index (χ0v) is 15.4. The Bertz CT molecular complexity index is 857. The minimum atomic E-state index is -0.630. The first-order chi connectivity index (χ1) is 12.4. The largest absolute Gasteiger partial charge is 0.369 e. The van der Waals surface area contributed by atoms with Crippen LogP contribution in [0.25, 0.3) is 0 Å². The molecular weight excluding hydrogens is 333 g/mol. The second-order valence-electron chi connectivity index (χ2n) is 7.50. The number of aryl methyl sites for hydroxylation is 1. The lowest BCUT2D eigenvalue weighted by Gasteiger charge is -2.43. The summed E-state index contributed by atoms with van der Waals surface area (Å²) in [5.41, 5.74) is 2.26. The van der Waals surface area contributed by atoms with Gasteiger partial charge in [0.25, 0.3) is 5.91 Å². The second kappa shape index (κ2) is 6.20. The highest BCUT2D eigenvalue weighted by Crippen LogP contribution is 2.42. The summed E-state index contributed by atoms with van der Waals surface area (Å²) in [6, 6.07) is 6.70. The molecular formula is C20H24FN3O2. The first kappa shape index (κ1) is 17.2. The summed E-state index contributed by atoms with van der Waals surface area (Å²) in [5.74, 6) is -0.503. The summed E-state index contributed by atoms with van der Waals surface area (Å²) in [4.78, 5) is 13.1. The van der Waals surface area contributed by atoms with E-state index in [-0.39, 0.29) is 23.9 Å². The van der Waals surface area contributed by atoms with Crippen LogP contribution < -0.4 is 5.32 Å². The Morgan fingerprint density at radius 2 is 2.08 bits per heavy atom. The molecule has 138 valence electrons. The quantitative estimate of drug-likeness (QED) is 0.916. The van der Waals surface area contributed by atoms with E-state index in [1.54, 1.807) is 16.8 Å². The zero-order chi connectivity index (χ0) is 18.5. The smallest absolute Gasteiger partial charge is 0.272 e. The van der Waals surface area contributed by atoms with Crippen molar-refractivity contribution >= 4 is 5.91 Å². The zero-order valence-electron chi connectivity index (χ0n) is 15.4. The van der Waals surface area contributed by atoms with E-state index >= 15 is 0 Å². The van der Waals surface area contributed by atoms with Crippen LogP contribution in [0, 0.1) is 5.82 Å². The number of carbonyl (C=O) groups is 1. The summed E-state index contributed by atoms with van der Waals surface area (Å²) in [6.45, 7) is 3.98. The van der Waals surface area contributed by atoms with Gasteiger partial charge in [0, 0.05) is 24.6 Å². The molecule has 4 rings (SSSR count). The average molecular weight is 357 g/mol. The first-order valence-corrected chi connectivity index (χ1v) is 9.20. The van der Waals surface area contributed by atoms with Crippen molar-refractivity contribution in [1.29, 1.82) is 0 Å². The predicted octanol–water partition coefficient (Wildman–Crippen LogP) is 3.39. The Kier molecular flexibility index (Phi) is 4.10.